The Bertz CT molecular complexity index is 1040. The van der Waals surface area contributed by atoms with Crippen LogP contribution < -0.4 is 9.47 Å². The lowest BCUT2D eigenvalue weighted by molar-refractivity contribution is -0.384. The lowest BCUT2D eigenvalue weighted by atomic mass is 10.2. The molecule has 0 aliphatic heterocycles. The van der Waals surface area contributed by atoms with Gasteiger partial charge in [0, 0.05) is 17.7 Å². The van der Waals surface area contributed by atoms with Crippen molar-refractivity contribution in [3.05, 3.63) is 97.1 Å². The van der Waals surface area contributed by atoms with Crippen LogP contribution >= 0.6 is 22.6 Å². The van der Waals surface area contributed by atoms with Gasteiger partial charge in [-0.1, -0.05) is 47.6 Å². The van der Waals surface area contributed by atoms with E-state index >= 15 is 0 Å². The van der Waals surface area contributed by atoms with Crippen molar-refractivity contribution in [1.29, 1.82) is 0 Å². The third-order valence-corrected chi connectivity index (χ3v) is 4.91. The highest BCUT2D eigenvalue weighted by atomic mass is 127. The van der Waals surface area contributed by atoms with E-state index in [1.807, 2.05) is 42.5 Å². The number of non-ortho nitro benzene ring substituents is 1. The zero-order valence-corrected chi connectivity index (χ0v) is 18.3. The number of nitro benzene ring substituents is 1. The van der Waals surface area contributed by atoms with Gasteiger partial charge in [0.25, 0.3) is 5.69 Å². The molecule has 0 amide bonds. The summed E-state index contributed by atoms with van der Waals surface area (Å²) in [7, 11) is 1.58. The Morgan fingerprint density at radius 2 is 1.80 bits per heavy atom. The number of nitro groups is 1. The van der Waals surface area contributed by atoms with E-state index < -0.39 is 4.92 Å². The Labute approximate surface area is 187 Å². The molecule has 3 aromatic rings. The van der Waals surface area contributed by atoms with Crippen molar-refractivity contribution in [2.45, 2.75) is 13.2 Å². The molecule has 8 heteroatoms. The zero-order valence-electron chi connectivity index (χ0n) is 16.2. The standard InChI is InChI=1S/C22H19IN2O5/c1-28-21-12-18(11-20(23)22(21)29-14-16-6-3-2-4-7-16)13-24-30-15-17-8-5-9-19(10-17)25(26)27/h2-13H,14-15H2,1H3/b24-13-. The van der Waals surface area contributed by atoms with E-state index in [0.29, 0.717) is 23.7 Å². The Morgan fingerprint density at radius 3 is 2.53 bits per heavy atom. The summed E-state index contributed by atoms with van der Waals surface area (Å²) in [5.74, 6) is 1.26. The number of oxime groups is 1. The van der Waals surface area contributed by atoms with E-state index in [0.717, 1.165) is 14.7 Å². The molecule has 3 rings (SSSR count). The molecule has 0 atom stereocenters. The van der Waals surface area contributed by atoms with Crippen LogP contribution in [0.25, 0.3) is 0 Å². The van der Waals surface area contributed by atoms with Crippen molar-refractivity contribution < 1.29 is 19.2 Å². The number of nitrogens with zero attached hydrogens (tertiary/aromatic N) is 2. The molecule has 0 aromatic heterocycles. The van der Waals surface area contributed by atoms with Gasteiger partial charge in [-0.25, -0.2) is 0 Å². The molecule has 154 valence electrons. The van der Waals surface area contributed by atoms with E-state index in [2.05, 4.69) is 27.7 Å². The van der Waals surface area contributed by atoms with Gasteiger partial charge in [-0.15, -0.1) is 0 Å². The predicted molar refractivity (Wildman–Crippen MR) is 122 cm³/mol. The molecule has 0 unspecified atom stereocenters. The van der Waals surface area contributed by atoms with Gasteiger partial charge in [0.05, 0.1) is 21.8 Å². The Hall–Kier alpha value is -3.14. The minimum absolute atomic E-state index is 0.0189. The third kappa shape index (κ3) is 5.93. The molecule has 30 heavy (non-hydrogen) atoms. The number of hydrogen-bond donors (Lipinski definition) is 0. The topological polar surface area (TPSA) is 83.2 Å². The maximum absolute atomic E-state index is 10.8. The van der Waals surface area contributed by atoms with Gasteiger partial charge in [0.15, 0.2) is 11.5 Å². The van der Waals surface area contributed by atoms with E-state index in [-0.39, 0.29) is 12.3 Å². The molecule has 0 heterocycles. The van der Waals surface area contributed by atoms with Crippen molar-refractivity contribution in [3.63, 3.8) is 0 Å². The molecule has 0 bridgehead atoms. The first kappa shape index (κ1) is 21.6. The van der Waals surface area contributed by atoms with Gasteiger partial charge in [-0.05, 0) is 45.9 Å². The van der Waals surface area contributed by atoms with Crippen LogP contribution in [0.2, 0.25) is 0 Å². The van der Waals surface area contributed by atoms with Crippen LogP contribution in [0.15, 0.2) is 71.9 Å². The molecule has 0 N–H and O–H groups in total. The molecule has 3 aromatic carbocycles. The first-order valence-electron chi connectivity index (χ1n) is 8.99. The molecule has 0 fully saturated rings. The molecule has 7 nitrogen and oxygen atoms in total. The Kier molecular flexibility index (Phi) is 7.61. The fourth-order valence-electron chi connectivity index (χ4n) is 2.65. The smallest absolute Gasteiger partial charge is 0.269 e. The summed E-state index contributed by atoms with van der Waals surface area (Å²) in [6, 6.07) is 19.9. The summed E-state index contributed by atoms with van der Waals surface area (Å²) in [5, 5.41) is 14.8. The minimum atomic E-state index is -0.442. The summed E-state index contributed by atoms with van der Waals surface area (Å²) >= 11 is 2.19. The first-order chi connectivity index (χ1) is 14.6. The number of methoxy groups -OCH3 is 1. The SMILES string of the molecule is COc1cc(/C=N\OCc2cccc([N+](=O)[O-])c2)cc(I)c1OCc1ccccc1. The number of halogens is 1. The van der Waals surface area contributed by atoms with Crippen molar-refractivity contribution in [1.82, 2.24) is 0 Å². The van der Waals surface area contributed by atoms with Crippen LogP contribution in [0.5, 0.6) is 11.5 Å². The van der Waals surface area contributed by atoms with Crippen molar-refractivity contribution in [2.24, 2.45) is 5.16 Å². The molecular formula is C22H19IN2O5. The average Bonchev–Trinajstić information content (AvgIpc) is 2.76. The van der Waals surface area contributed by atoms with Gasteiger partial charge in [0.2, 0.25) is 0 Å². The van der Waals surface area contributed by atoms with E-state index in [4.69, 9.17) is 14.3 Å². The highest BCUT2D eigenvalue weighted by Crippen LogP contribution is 2.34. The fraction of sp³-hybridized carbons (Fsp3) is 0.136. The Morgan fingerprint density at radius 1 is 1.03 bits per heavy atom. The largest absolute Gasteiger partial charge is 0.493 e. The molecule has 0 aliphatic rings. The molecule has 0 saturated heterocycles. The number of benzene rings is 3. The highest BCUT2D eigenvalue weighted by molar-refractivity contribution is 14.1. The van der Waals surface area contributed by atoms with Gasteiger partial charge in [-0.2, -0.15) is 0 Å². The second-order valence-corrected chi connectivity index (χ2v) is 7.41. The maximum atomic E-state index is 10.8. The summed E-state index contributed by atoms with van der Waals surface area (Å²) in [6.07, 6.45) is 1.56. The molecule has 0 aliphatic carbocycles. The number of ether oxygens (including phenoxy) is 2. The van der Waals surface area contributed by atoms with E-state index in [1.54, 1.807) is 25.5 Å². The van der Waals surface area contributed by atoms with Crippen molar-refractivity contribution in [2.75, 3.05) is 7.11 Å². The van der Waals surface area contributed by atoms with Crippen LogP contribution in [0.4, 0.5) is 5.69 Å². The van der Waals surface area contributed by atoms with Crippen LogP contribution in [0.3, 0.4) is 0 Å². The fourth-order valence-corrected chi connectivity index (χ4v) is 3.43. The summed E-state index contributed by atoms with van der Waals surface area (Å²) in [5.41, 5.74) is 2.53. The second-order valence-electron chi connectivity index (χ2n) is 6.24. The van der Waals surface area contributed by atoms with Gasteiger partial charge in [-0.3, -0.25) is 10.1 Å². The molecule has 0 radical (unpaired) electrons. The second kappa shape index (κ2) is 10.6. The highest BCUT2D eigenvalue weighted by Gasteiger charge is 2.11. The minimum Gasteiger partial charge on any atom is -0.493 e. The normalized spacial score (nSPS) is 10.7. The quantitative estimate of drug-likeness (QED) is 0.165. The van der Waals surface area contributed by atoms with Crippen LogP contribution in [0, 0.1) is 13.7 Å². The zero-order chi connectivity index (χ0) is 21.3. The number of hydrogen-bond acceptors (Lipinski definition) is 6. The Balaban J connectivity index is 1.64. The van der Waals surface area contributed by atoms with Crippen LogP contribution in [-0.2, 0) is 18.1 Å². The number of rotatable bonds is 9. The first-order valence-corrected chi connectivity index (χ1v) is 10.1. The van der Waals surface area contributed by atoms with Crippen molar-refractivity contribution in [3.8, 4) is 11.5 Å². The third-order valence-electron chi connectivity index (χ3n) is 4.11. The van der Waals surface area contributed by atoms with Gasteiger partial charge >= 0.3 is 0 Å². The molecule has 0 saturated carbocycles. The molecular weight excluding hydrogens is 499 g/mol. The van der Waals surface area contributed by atoms with Gasteiger partial charge in [0.1, 0.15) is 13.2 Å². The lowest BCUT2D eigenvalue weighted by Gasteiger charge is -2.13. The van der Waals surface area contributed by atoms with Crippen LogP contribution in [0.1, 0.15) is 16.7 Å². The van der Waals surface area contributed by atoms with Crippen LogP contribution in [-0.4, -0.2) is 18.2 Å². The van der Waals surface area contributed by atoms with Gasteiger partial charge < -0.3 is 14.3 Å². The summed E-state index contributed by atoms with van der Waals surface area (Å²) < 4.78 is 12.3. The summed E-state index contributed by atoms with van der Waals surface area (Å²) in [6.45, 7) is 0.567. The lowest BCUT2D eigenvalue weighted by Crippen LogP contribution is -2.00. The predicted octanol–water partition coefficient (Wildman–Crippen LogP) is 5.34. The summed E-state index contributed by atoms with van der Waals surface area (Å²) in [4.78, 5) is 15.7. The molecule has 0 spiro atoms. The van der Waals surface area contributed by atoms with E-state index in [1.165, 1.54) is 12.1 Å². The average molecular weight is 518 g/mol. The van der Waals surface area contributed by atoms with E-state index in [9.17, 15) is 10.1 Å². The maximum Gasteiger partial charge on any atom is 0.269 e. The monoisotopic (exact) mass is 518 g/mol. The van der Waals surface area contributed by atoms with Crippen molar-refractivity contribution >= 4 is 34.5 Å².